The molecule has 3 aromatic rings. The summed E-state index contributed by atoms with van der Waals surface area (Å²) in [4.78, 5) is 24.4. The molecule has 6 heteroatoms. The molecule has 0 amide bonds. The van der Waals surface area contributed by atoms with Crippen molar-refractivity contribution >= 4 is 26.7 Å². The fourth-order valence-electron chi connectivity index (χ4n) is 2.03. The van der Waals surface area contributed by atoms with E-state index in [1.807, 2.05) is 0 Å². The van der Waals surface area contributed by atoms with Crippen LogP contribution in [0, 0.1) is 5.82 Å². The average molecular weight is 335 g/mol. The molecule has 1 heterocycles. The largest absolute Gasteiger partial charge is 0.277 e. The molecule has 0 saturated heterocycles. The molecule has 100 valence electrons. The third-order valence-electron chi connectivity index (χ3n) is 2.97. The van der Waals surface area contributed by atoms with E-state index in [-0.39, 0.29) is 11.1 Å². The molecule has 0 saturated carbocycles. The Kier molecular flexibility index (Phi) is 3.02. The summed E-state index contributed by atoms with van der Waals surface area (Å²) in [7, 11) is 0. The van der Waals surface area contributed by atoms with Crippen molar-refractivity contribution < 1.29 is 4.39 Å². The van der Waals surface area contributed by atoms with E-state index in [1.54, 1.807) is 24.3 Å². The van der Waals surface area contributed by atoms with Crippen molar-refractivity contribution in [1.82, 2.24) is 9.78 Å². The number of rotatable bonds is 1. The third-order valence-corrected chi connectivity index (χ3v) is 3.60. The molecule has 2 aromatic carbocycles. The summed E-state index contributed by atoms with van der Waals surface area (Å²) in [5.41, 5.74) is -0.372. The van der Waals surface area contributed by atoms with Gasteiger partial charge in [0.05, 0.1) is 16.5 Å². The molecule has 20 heavy (non-hydrogen) atoms. The van der Waals surface area contributed by atoms with Gasteiger partial charge in [0.15, 0.2) is 0 Å². The van der Waals surface area contributed by atoms with Crippen LogP contribution in [0.25, 0.3) is 16.5 Å². The quantitative estimate of drug-likeness (QED) is 0.743. The smallest absolute Gasteiger partial charge is 0.267 e. The van der Waals surface area contributed by atoms with Gasteiger partial charge in [0.25, 0.3) is 11.1 Å². The first kappa shape index (κ1) is 12.8. The van der Waals surface area contributed by atoms with Gasteiger partial charge in [-0.15, -0.1) is 0 Å². The van der Waals surface area contributed by atoms with Crippen LogP contribution < -0.4 is 11.1 Å². The Hall–Kier alpha value is -2.21. The molecule has 0 fully saturated rings. The highest BCUT2D eigenvalue weighted by Gasteiger charge is 2.10. The molecule has 1 aromatic heterocycles. The molecular weight excluding hydrogens is 327 g/mol. The van der Waals surface area contributed by atoms with Crippen LogP contribution in [0.3, 0.4) is 0 Å². The molecule has 1 N–H and O–H groups in total. The zero-order chi connectivity index (χ0) is 14.3. The second kappa shape index (κ2) is 4.72. The van der Waals surface area contributed by atoms with Gasteiger partial charge in [-0.1, -0.05) is 12.1 Å². The number of H-pyrrole nitrogens is 1. The van der Waals surface area contributed by atoms with E-state index in [9.17, 15) is 14.0 Å². The lowest BCUT2D eigenvalue weighted by Crippen LogP contribution is -2.28. The molecule has 0 spiro atoms. The average Bonchev–Trinajstić information content (AvgIpc) is 2.43. The Morgan fingerprint density at radius 3 is 2.45 bits per heavy atom. The summed E-state index contributed by atoms with van der Waals surface area (Å²) >= 11 is 3.18. The Bertz CT molecular complexity index is 930. The molecule has 3 rings (SSSR count). The number of halogens is 2. The van der Waals surface area contributed by atoms with Gasteiger partial charge >= 0.3 is 0 Å². The lowest BCUT2D eigenvalue weighted by atomic mass is 10.2. The van der Waals surface area contributed by atoms with Crippen molar-refractivity contribution in [3.8, 4) is 5.69 Å². The first-order valence-electron chi connectivity index (χ1n) is 5.77. The van der Waals surface area contributed by atoms with Gasteiger partial charge in [0.1, 0.15) is 5.82 Å². The number of fused-ring (bicyclic) bond motifs is 1. The highest BCUT2D eigenvalue weighted by atomic mass is 79.9. The van der Waals surface area contributed by atoms with Crippen LogP contribution in [0.15, 0.2) is 56.5 Å². The maximum Gasteiger partial charge on any atom is 0.277 e. The molecular formula is C14H8BrFN2O2. The molecule has 0 atom stereocenters. The van der Waals surface area contributed by atoms with Crippen LogP contribution in [-0.2, 0) is 0 Å². The molecule has 4 nitrogen and oxygen atoms in total. The molecule has 0 aliphatic rings. The van der Waals surface area contributed by atoms with E-state index in [1.165, 1.54) is 18.2 Å². The lowest BCUT2D eigenvalue weighted by molar-refractivity contribution is 0.625. The van der Waals surface area contributed by atoms with E-state index in [0.29, 0.717) is 20.9 Å². The van der Waals surface area contributed by atoms with Crippen LogP contribution in [0.1, 0.15) is 0 Å². The lowest BCUT2D eigenvalue weighted by Gasteiger charge is -2.09. The highest BCUT2D eigenvalue weighted by Crippen LogP contribution is 2.20. The Balaban J connectivity index is 2.41. The summed E-state index contributed by atoms with van der Waals surface area (Å²) in [5, 5.41) is 3.13. The highest BCUT2D eigenvalue weighted by molar-refractivity contribution is 9.10. The third kappa shape index (κ3) is 1.98. The summed E-state index contributed by atoms with van der Waals surface area (Å²) < 4.78 is 14.6. The van der Waals surface area contributed by atoms with Crippen LogP contribution in [-0.4, -0.2) is 9.78 Å². The number of hydrogen-bond acceptors (Lipinski definition) is 2. The van der Waals surface area contributed by atoms with Crippen molar-refractivity contribution in [3.63, 3.8) is 0 Å². The maximum atomic E-state index is 13.1. The minimum absolute atomic E-state index is 0.312. The van der Waals surface area contributed by atoms with Gasteiger partial charge in [0.2, 0.25) is 0 Å². The topological polar surface area (TPSA) is 54.9 Å². The van der Waals surface area contributed by atoms with Crippen molar-refractivity contribution in [2.75, 3.05) is 0 Å². The Morgan fingerprint density at radius 2 is 1.75 bits per heavy atom. The Labute approximate surface area is 120 Å². The second-order valence-electron chi connectivity index (χ2n) is 4.22. The van der Waals surface area contributed by atoms with Gasteiger partial charge in [-0.05, 0) is 46.3 Å². The summed E-state index contributed by atoms with van der Waals surface area (Å²) in [6.07, 6.45) is 0. The van der Waals surface area contributed by atoms with E-state index in [0.717, 1.165) is 4.68 Å². The van der Waals surface area contributed by atoms with Crippen molar-refractivity contribution in [2.24, 2.45) is 0 Å². The number of nitrogens with zero attached hydrogens (tertiary/aromatic N) is 1. The maximum absolute atomic E-state index is 13.1. The normalized spacial score (nSPS) is 10.9. The van der Waals surface area contributed by atoms with Crippen LogP contribution >= 0.6 is 15.9 Å². The molecule has 0 aliphatic heterocycles. The molecule has 0 unspecified atom stereocenters. The molecule has 0 aliphatic carbocycles. The number of aromatic amines is 1. The van der Waals surface area contributed by atoms with Gasteiger partial charge in [0, 0.05) is 4.47 Å². The number of benzene rings is 2. The van der Waals surface area contributed by atoms with Gasteiger partial charge < -0.3 is 0 Å². The predicted octanol–water partition coefficient (Wildman–Crippen LogP) is 2.58. The zero-order valence-corrected chi connectivity index (χ0v) is 11.6. The number of hydrogen-bond donors (Lipinski definition) is 1. The predicted molar refractivity (Wildman–Crippen MR) is 77.8 cm³/mol. The van der Waals surface area contributed by atoms with E-state index in [4.69, 9.17) is 0 Å². The van der Waals surface area contributed by atoms with Gasteiger partial charge in [-0.25, -0.2) is 9.07 Å². The van der Waals surface area contributed by atoms with Crippen molar-refractivity contribution in [1.29, 1.82) is 0 Å². The number of aromatic nitrogens is 2. The fourth-order valence-corrected chi connectivity index (χ4v) is 2.56. The van der Waals surface area contributed by atoms with Gasteiger partial charge in [-0.2, -0.15) is 0 Å². The monoisotopic (exact) mass is 334 g/mol. The number of nitrogens with one attached hydrogen (secondary N) is 1. The summed E-state index contributed by atoms with van der Waals surface area (Å²) in [5.74, 6) is -0.434. The first-order chi connectivity index (χ1) is 9.58. The SMILES string of the molecule is O=c1[nH]n(-c2ccc(F)cc2Br)c(=O)c2ccccc12. The zero-order valence-electron chi connectivity index (χ0n) is 10.1. The minimum atomic E-state index is -0.434. The summed E-state index contributed by atoms with van der Waals surface area (Å²) in [6, 6.07) is 10.4. The standard InChI is InChI=1S/C14H8BrFN2O2/c15-11-7-8(16)5-6-12(11)18-14(20)10-4-2-1-3-9(10)13(19)17-18/h1-7H,(H,17,19). The molecule has 0 radical (unpaired) electrons. The van der Waals surface area contributed by atoms with E-state index in [2.05, 4.69) is 21.0 Å². The fraction of sp³-hybridized carbons (Fsp3) is 0. The van der Waals surface area contributed by atoms with Gasteiger partial charge in [-0.3, -0.25) is 14.7 Å². The van der Waals surface area contributed by atoms with Crippen molar-refractivity contribution in [2.45, 2.75) is 0 Å². The van der Waals surface area contributed by atoms with Crippen molar-refractivity contribution in [3.05, 3.63) is 73.5 Å². The minimum Gasteiger partial charge on any atom is -0.267 e. The van der Waals surface area contributed by atoms with Crippen LogP contribution in [0.5, 0.6) is 0 Å². The first-order valence-corrected chi connectivity index (χ1v) is 6.57. The van der Waals surface area contributed by atoms with E-state index < -0.39 is 5.82 Å². The van der Waals surface area contributed by atoms with Crippen LogP contribution in [0.2, 0.25) is 0 Å². The van der Waals surface area contributed by atoms with E-state index >= 15 is 0 Å². The Morgan fingerprint density at radius 1 is 1.05 bits per heavy atom. The molecule has 0 bridgehead atoms. The second-order valence-corrected chi connectivity index (χ2v) is 5.08. The summed E-state index contributed by atoms with van der Waals surface area (Å²) in [6.45, 7) is 0. The van der Waals surface area contributed by atoms with Crippen LogP contribution in [0.4, 0.5) is 4.39 Å².